The van der Waals surface area contributed by atoms with Gasteiger partial charge >= 0.3 is 0 Å². The van der Waals surface area contributed by atoms with E-state index in [0.717, 1.165) is 26.1 Å². The second kappa shape index (κ2) is 6.15. The Hall–Kier alpha value is -0.420. The van der Waals surface area contributed by atoms with Gasteiger partial charge in [0.05, 0.1) is 6.61 Å². The van der Waals surface area contributed by atoms with E-state index < -0.39 is 0 Å². The fourth-order valence-electron chi connectivity index (χ4n) is 2.00. The Morgan fingerprint density at radius 2 is 2.00 bits per heavy atom. The summed E-state index contributed by atoms with van der Waals surface area (Å²) in [6, 6.07) is 0. The zero-order valence-electron chi connectivity index (χ0n) is 10.6. The molecule has 0 amide bonds. The Balaban J connectivity index is 2.15. The normalized spacial score (nSPS) is 21.2. The Bertz CT molecular complexity index is 403. The quantitative estimate of drug-likeness (QED) is 0.802. The van der Waals surface area contributed by atoms with Gasteiger partial charge in [0.25, 0.3) is 0 Å². The minimum Gasteiger partial charge on any atom is -0.368 e. The van der Waals surface area contributed by atoms with Gasteiger partial charge in [0.15, 0.2) is 5.82 Å². The van der Waals surface area contributed by atoms with Crippen molar-refractivity contribution in [1.82, 2.24) is 14.9 Å². The van der Waals surface area contributed by atoms with Crippen LogP contribution in [0.2, 0.25) is 10.3 Å². The van der Waals surface area contributed by atoms with Crippen LogP contribution in [0.3, 0.4) is 0 Å². The summed E-state index contributed by atoms with van der Waals surface area (Å²) in [5.41, 5.74) is 0.711. The van der Waals surface area contributed by atoms with Gasteiger partial charge in [0, 0.05) is 18.7 Å². The van der Waals surface area contributed by atoms with Gasteiger partial charge in [-0.25, -0.2) is 9.97 Å². The molecular weight excluding hydrogens is 273 g/mol. The molecule has 2 heterocycles. The lowest BCUT2D eigenvalue weighted by atomic mass is 10.2. The highest BCUT2D eigenvalue weighted by Crippen LogP contribution is 2.25. The van der Waals surface area contributed by atoms with E-state index in [1.54, 1.807) is 6.92 Å². The molecule has 2 rings (SSSR count). The molecule has 0 aliphatic carbocycles. The second-order valence-electron chi connectivity index (χ2n) is 4.45. The molecule has 100 valence electrons. The number of ether oxygens (including phenoxy) is 1. The van der Waals surface area contributed by atoms with Crippen molar-refractivity contribution in [2.45, 2.75) is 26.4 Å². The maximum Gasteiger partial charge on any atom is 0.161 e. The average Bonchev–Trinajstić information content (AvgIpc) is 2.36. The molecule has 0 bridgehead atoms. The van der Waals surface area contributed by atoms with E-state index >= 15 is 0 Å². The lowest BCUT2D eigenvalue weighted by Gasteiger charge is -2.31. The molecule has 18 heavy (non-hydrogen) atoms. The molecule has 1 atom stereocenters. The molecule has 0 aromatic carbocycles. The number of halogens is 2. The number of morpholine rings is 1. The Labute approximate surface area is 117 Å². The SMILES string of the molecule is CCCN1CCOC(c2nc(Cl)c(C)c(Cl)n2)C1. The van der Waals surface area contributed by atoms with Gasteiger partial charge in [0.1, 0.15) is 16.4 Å². The molecule has 1 unspecified atom stereocenters. The van der Waals surface area contributed by atoms with Crippen molar-refractivity contribution >= 4 is 23.2 Å². The fraction of sp³-hybridized carbons (Fsp3) is 0.667. The van der Waals surface area contributed by atoms with Crippen molar-refractivity contribution in [2.24, 2.45) is 0 Å². The highest BCUT2D eigenvalue weighted by Gasteiger charge is 2.24. The van der Waals surface area contributed by atoms with Crippen LogP contribution < -0.4 is 0 Å². The second-order valence-corrected chi connectivity index (χ2v) is 5.16. The monoisotopic (exact) mass is 289 g/mol. The molecule has 1 aliphatic heterocycles. The first kappa shape index (κ1) is 14.0. The third-order valence-corrected chi connectivity index (χ3v) is 3.76. The minimum absolute atomic E-state index is 0.138. The summed E-state index contributed by atoms with van der Waals surface area (Å²) >= 11 is 12.1. The van der Waals surface area contributed by atoms with Crippen molar-refractivity contribution < 1.29 is 4.74 Å². The Morgan fingerprint density at radius 1 is 1.33 bits per heavy atom. The van der Waals surface area contributed by atoms with Gasteiger partial charge < -0.3 is 4.74 Å². The highest BCUT2D eigenvalue weighted by atomic mass is 35.5. The maximum atomic E-state index is 6.03. The summed E-state index contributed by atoms with van der Waals surface area (Å²) in [4.78, 5) is 10.9. The predicted octanol–water partition coefficient (Wildman–Crippen LogP) is 2.88. The van der Waals surface area contributed by atoms with E-state index in [2.05, 4.69) is 21.8 Å². The molecule has 0 saturated carbocycles. The summed E-state index contributed by atoms with van der Waals surface area (Å²) < 4.78 is 5.71. The van der Waals surface area contributed by atoms with Crippen molar-refractivity contribution in [3.63, 3.8) is 0 Å². The van der Waals surface area contributed by atoms with Gasteiger partial charge in [-0.15, -0.1) is 0 Å². The lowest BCUT2D eigenvalue weighted by Crippen LogP contribution is -2.39. The molecule has 1 aromatic rings. The van der Waals surface area contributed by atoms with Gasteiger partial charge in [-0.3, -0.25) is 4.90 Å². The summed E-state index contributed by atoms with van der Waals surface area (Å²) in [6.07, 6.45) is 0.990. The summed E-state index contributed by atoms with van der Waals surface area (Å²) in [5.74, 6) is 0.580. The van der Waals surface area contributed by atoms with Crippen LogP contribution in [0.5, 0.6) is 0 Å². The van der Waals surface area contributed by atoms with E-state index in [1.165, 1.54) is 0 Å². The van der Waals surface area contributed by atoms with Crippen LogP contribution in [0.1, 0.15) is 30.8 Å². The van der Waals surface area contributed by atoms with Crippen LogP contribution in [0, 0.1) is 6.92 Å². The van der Waals surface area contributed by atoms with Crippen LogP contribution in [0.15, 0.2) is 0 Å². The molecule has 0 N–H and O–H groups in total. The number of hydrogen-bond donors (Lipinski definition) is 0. The van der Waals surface area contributed by atoms with Crippen molar-refractivity contribution in [1.29, 1.82) is 0 Å². The fourth-order valence-corrected chi connectivity index (χ4v) is 2.40. The molecule has 1 saturated heterocycles. The van der Waals surface area contributed by atoms with E-state index in [-0.39, 0.29) is 6.10 Å². The van der Waals surface area contributed by atoms with Crippen molar-refractivity contribution in [2.75, 3.05) is 26.2 Å². The summed E-state index contributed by atoms with van der Waals surface area (Å²) in [5, 5.41) is 0.808. The zero-order chi connectivity index (χ0) is 13.1. The molecule has 0 radical (unpaired) electrons. The summed E-state index contributed by atoms with van der Waals surface area (Å²) in [7, 11) is 0. The first-order valence-electron chi connectivity index (χ1n) is 6.15. The van der Waals surface area contributed by atoms with E-state index in [9.17, 15) is 0 Å². The van der Waals surface area contributed by atoms with Crippen LogP contribution in [0.4, 0.5) is 0 Å². The number of rotatable bonds is 3. The standard InChI is InChI=1S/C12H17Cl2N3O/c1-3-4-17-5-6-18-9(7-17)12-15-10(13)8(2)11(14)16-12/h9H,3-7H2,1-2H3. The molecule has 1 fully saturated rings. The smallest absolute Gasteiger partial charge is 0.161 e. The molecule has 4 nitrogen and oxygen atoms in total. The predicted molar refractivity (Wildman–Crippen MR) is 72.2 cm³/mol. The van der Waals surface area contributed by atoms with Crippen LogP contribution in [0.25, 0.3) is 0 Å². The number of aromatic nitrogens is 2. The lowest BCUT2D eigenvalue weighted by molar-refractivity contribution is -0.0342. The first-order chi connectivity index (χ1) is 8.61. The van der Waals surface area contributed by atoms with Crippen LogP contribution >= 0.6 is 23.2 Å². The van der Waals surface area contributed by atoms with E-state index in [1.807, 2.05) is 0 Å². The molecule has 0 spiro atoms. The molecule has 1 aliphatic rings. The average molecular weight is 290 g/mol. The first-order valence-corrected chi connectivity index (χ1v) is 6.91. The van der Waals surface area contributed by atoms with Gasteiger partial charge in [-0.2, -0.15) is 0 Å². The van der Waals surface area contributed by atoms with Crippen molar-refractivity contribution in [3.05, 3.63) is 21.7 Å². The molecule has 1 aromatic heterocycles. The topological polar surface area (TPSA) is 38.2 Å². The number of nitrogens with zero attached hydrogens (tertiary/aromatic N) is 3. The molecule has 6 heteroatoms. The van der Waals surface area contributed by atoms with Crippen LogP contribution in [-0.2, 0) is 4.74 Å². The number of hydrogen-bond acceptors (Lipinski definition) is 4. The highest BCUT2D eigenvalue weighted by molar-refractivity contribution is 6.34. The minimum atomic E-state index is -0.138. The zero-order valence-corrected chi connectivity index (χ0v) is 12.1. The Morgan fingerprint density at radius 3 is 2.61 bits per heavy atom. The Kier molecular flexibility index (Phi) is 4.78. The van der Waals surface area contributed by atoms with Crippen LogP contribution in [-0.4, -0.2) is 41.1 Å². The maximum absolute atomic E-state index is 6.03. The van der Waals surface area contributed by atoms with Gasteiger partial charge in [-0.1, -0.05) is 30.1 Å². The molecular formula is C12H17Cl2N3O. The largest absolute Gasteiger partial charge is 0.368 e. The third kappa shape index (κ3) is 3.12. The van der Waals surface area contributed by atoms with Gasteiger partial charge in [-0.05, 0) is 19.9 Å². The third-order valence-electron chi connectivity index (χ3n) is 3.02. The van der Waals surface area contributed by atoms with Gasteiger partial charge in [0.2, 0.25) is 0 Å². The van der Waals surface area contributed by atoms with E-state index in [4.69, 9.17) is 27.9 Å². The van der Waals surface area contributed by atoms with Crippen molar-refractivity contribution in [3.8, 4) is 0 Å². The van der Waals surface area contributed by atoms with E-state index in [0.29, 0.717) is 28.3 Å². The summed E-state index contributed by atoms with van der Waals surface area (Å²) in [6.45, 7) is 7.48.